The average Bonchev–Trinajstić information content (AvgIpc) is 3.10. The Balaban J connectivity index is 1.93. The second-order valence-corrected chi connectivity index (χ2v) is 5.53. The summed E-state index contributed by atoms with van der Waals surface area (Å²) in [5.74, 6) is 0.422. The number of fused-ring (bicyclic) bond motifs is 1. The third kappa shape index (κ3) is 2.48. The van der Waals surface area contributed by atoms with Gasteiger partial charge in [0.15, 0.2) is 0 Å². The van der Waals surface area contributed by atoms with Crippen LogP contribution in [-0.4, -0.2) is 20.6 Å². The molecule has 19 heavy (non-hydrogen) atoms. The number of aromatic nitrogens is 2. The number of rotatable bonds is 5. The number of carbonyl (C=O) groups is 1. The highest BCUT2D eigenvalue weighted by molar-refractivity contribution is 5.76. The van der Waals surface area contributed by atoms with E-state index in [2.05, 4.69) is 10.6 Å². The quantitative estimate of drug-likeness (QED) is 0.896. The van der Waals surface area contributed by atoms with Gasteiger partial charge in [-0.25, -0.2) is 4.98 Å². The molecule has 1 aliphatic carbocycles. The van der Waals surface area contributed by atoms with Crippen molar-refractivity contribution in [1.29, 1.82) is 0 Å². The minimum absolute atomic E-state index is 0.117. The van der Waals surface area contributed by atoms with Crippen molar-refractivity contribution in [2.24, 2.45) is 5.92 Å². The fraction of sp³-hybridized carbons (Fsp3) is 0.467. The first-order chi connectivity index (χ1) is 9.15. The largest absolute Gasteiger partial charge is 0.481 e. The Hall–Kier alpha value is -1.84. The number of hydrogen-bond donors (Lipinski definition) is 1. The Bertz CT molecular complexity index is 614. The van der Waals surface area contributed by atoms with Crippen molar-refractivity contribution >= 4 is 17.0 Å². The first-order valence-electron chi connectivity index (χ1n) is 6.83. The monoisotopic (exact) mass is 258 g/mol. The van der Waals surface area contributed by atoms with Gasteiger partial charge in [-0.05, 0) is 30.9 Å². The molecule has 1 saturated carbocycles. The molecule has 4 nitrogen and oxygen atoms in total. The Morgan fingerprint density at radius 1 is 1.47 bits per heavy atom. The lowest BCUT2D eigenvalue weighted by Gasteiger charge is -2.11. The van der Waals surface area contributed by atoms with Crippen molar-refractivity contribution < 1.29 is 9.90 Å². The maximum Gasteiger partial charge on any atom is 0.303 e. The van der Waals surface area contributed by atoms with Gasteiger partial charge in [0.1, 0.15) is 5.82 Å². The van der Waals surface area contributed by atoms with Crippen LogP contribution >= 0.6 is 0 Å². The summed E-state index contributed by atoms with van der Waals surface area (Å²) in [6.45, 7) is 1.98. The van der Waals surface area contributed by atoms with E-state index in [1.165, 1.54) is 18.4 Å². The smallest absolute Gasteiger partial charge is 0.303 e. The molecule has 1 aromatic carbocycles. The van der Waals surface area contributed by atoms with Gasteiger partial charge in [0.05, 0.1) is 11.0 Å². The molecule has 0 aliphatic heterocycles. The van der Waals surface area contributed by atoms with E-state index in [4.69, 9.17) is 10.1 Å². The molecule has 0 bridgehead atoms. The molecule has 0 saturated heterocycles. The van der Waals surface area contributed by atoms with Gasteiger partial charge < -0.3 is 9.67 Å². The molecule has 0 radical (unpaired) electrons. The van der Waals surface area contributed by atoms with Crippen molar-refractivity contribution in [3.05, 3.63) is 30.1 Å². The highest BCUT2D eigenvalue weighted by atomic mass is 16.4. The summed E-state index contributed by atoms with van der Waals surface area (Å²) in [5.41, 5.74) is 2.20. The predicted octanol–water partition coefficient (Wildman–Crippen LogP) is 3.02. The van der Waals surface area contributed by atoms with Crippen LogP contribution < -0.4 is 0 Å². The Morgan fingerprint density at radius 3 is 2.89 bits per heavy atom. The number of nitrogens with zero attached hydrogens (tertiary/aromatic N) is 2. The van der Waals surface area contributed by atoms with E-state index in [0.29, 0.717) is 6.04 Å². The van der Waals surface area contributed by atoms with Gasteiger partial charge in [-0.15, -0.1) is 0 Å². The molecule has 1 heterocycles. The summed E-state index contributed by atoms with van der Waals surface area (Å²) in [7, 11) is 0. The van der Waals surface area contributed by atoms with Gasteiger partial charge in [-0.2, -0.15) is 0 Å². The van der Waals surface area contributed by atoms with Gasteiger partial charge >= 0.3 is 5.97 Å². The highest BCUT2D eigenvalue weighted by Crippen LogP contribution is 2.39. The highest BCUT2D eigenvalue weighted by Gasteiger charge is 2.28. The number of carboxylic acids is 1. The number of aliphatic carboxylic acids is 1. The molecule has 100 valence electrons. The average molecular weight is 258 g/mol. The van der Waals surface area contributed by atoms with Crippen molar-refractivity contribution in [2.75, 3.05) is 0 Å². The lowest BCUT2D eigenvalue weighted by Crippen LogP contribution is -2.11. The molecule has 1 aliphatic rings. The van der Waals surface area contributed by atoms with E-state index in [1.54, 1.807) is 0 Å². The Kier molecular flexibility index (Phi) is 3.01. The van der Waals surface area contributed by atoms with Gasteiger partial charge in [0.25, 0.3) is 0 Å². The molecule has 2 aromatic rings. The van der Waals surface area contributed by atoms with Crippen LogP contribution in [0.3, 0.4) is 0 Å². The molecule has 1 unspecified atom stereocenters. The third-order valence-electron chi connectivity index (χ3n) is 3.63. The topological polar surface area (TPSA) is 55.1 Å². The predicted molar refractivity (Wildman–Crippen MR) is 73.1 cm³/mol. The summed E-state index contributed by atoms with van der Waals surface area (Å²) in [6, 6.07) is 8.73. The molecule has 3 rings (SSSR count). The van der Waals surface area contributed by atoms with Crippen LogP contribution in [-0.2, 0) is 11.2 Å². The summed E-state index contributed by atoms with van der Waals surface area (Å²) in [4.78, 5) is 15.5. The van der Waals surface area contributed by atoms with Gasteiger partial charge in [0, 0.05) is 18.9 Å². The zero-order valence-electron chi connectivity index (χ0n) is 11.0. The molecular formula is C15H18N2O2. The summed E-state index contributed by atoms with van der Waals surface area (Å²) in [5, 5.41) is 8.87. The van der Waals surface area contributed by atoms with Crippen LogP contribution in [0.15, 0.2) is 24.3 Å². The second kappa shape index (κ2) is 4.68. The number of benzene rings is 1. The van der Waals surface area contributed by atoms with E-state index in [-0.39, 0.29) is 12.3 Å². The van der Waals surface area contributed by atoms with Gasteiger partial charge in [0.2, 0.25) is 0 Å². The van der Waals surface area contributed by atoms with E-state index < -0.39 is 5.97 Å². The number of para-hydroxylation sites is 2. The zero-order chi connectivity index (χ0) is 13.4. The van der Waals surface area contributed by atoms with Gasteiger partial charge in [-0.3, -0.25) is 4.79 Å². The number of hydrogen-bond acceptors (Lipinski definition) is 2. The molecule has 0 spiro atoms. The Morgan fingerprint density at radius 2 is 2.21 bits per heavy atom. The van der Waals surface area contributed by atoms with Crippen molar-refractivity contribution in [3.63, 3.8) is 0 Å². The lowest BCUT2D eigenvalue weighted by molar-refractivity contribution is -0.137. The number of carboxylic acid groups (broad SMARTS) is 1. The molecular weight excluding hydrogens is 240 g/mol. The van der Waals surface area contributed by atoms with Gasteiger partial charge in [-0.1, -0.05) is 19.1 Å². The second-order valence-electron chi connectivity index (χ2n) is 5.53. The summed E-state index contributed by atoms with van der Waals surface area (Å²) >= 11 is 0. The maximum atomic E-state index is 10.8. The summed E-state index contributed by atoms with van der Waals surface area (Å²) < 4.78 is 2.31. The van der Waals surface area contributed by atoms with Crippen LogP contribution in [0, 0.1) is 5.92 Å². The lowest BCUT2D eigenvalue weighted by atomic mass is 10.0. The summed E-state index contributed by atoms with van der Waals surface area (Å²) in [6.07, 6.45) is 3.35. The van der Waals surface area contributed by atoms with Crippen LogP contribution in [0.5, 0.6) is 0 Å². The van der Waals surface area contributed by atoms with E-state index >= 15 is 0 Å². The first-order valence-corrected chi connectivity index (χ1v) is 6.83. The molecule has 1 atom stereocenters. The third-order valence-corrected chi connectivity index (χ3v) is 3.63. The zero-order valence-corrected chi connectivity index (χ0v) is 11.0. The minimum atomic E-state index is -0.735. The Labute approximate surface area is 112 Å². The van der Waals surface area contributed by atoms with Crippen LogP contribution in [0.1, 0.15) is 38.1 Å². The molecule has 1 aromatic heterocycles. The van der Waals surface area contributed by atoms with Crippen molar-refractivity contribution in [3.8, 4) is 0 Å². The van der Waals surface area contributed by atoms with E-state index in [9.17, 15) is 4.79 Å². The maximum absolute atomic E-state index is 10.8. The van der Waals surface area contributed by atoms with Crippen LogP contribution in [0.4, 0.5) is 0 Å². The molecule has 1 N–H and O–H groups in total. The first kappa shape index (κ1) is 12.2. The van der Waals surface area contributed by atoms with E-state index in [1.807, 2.05) is 25.1 Å². The molecule has 0 amide bonds. The minimum Gasteiger partial charge on any atom is -0.481 e. The standard InChI is InChI=1S/C15H18N2O2/c1-10(9-15(18)19)8-14-16-12-4-2-3-5-13(12)17(14)11-6-7-11/h2-5,10-11H,6-9H2,1H3,(H,18,19). The SMILES string of the molecule is CC(CC(=O)O)Cc1nc2ccccc2n1C1CC1. The molecule has 4 heteroatoms. The number of imidazole rings is 1. The normalized spacial score (nSPS) is 16.7. The molecule has 1 fully saturated rings. The van der Waals surface area contributed by atoms with E-state index in [0.717, 1.165) is 17.8 Å². The van der Waals surface area contributed by atoms with Crippen LogP contribution in [0.2, 0.25) is 0 Å². The fourth-order valence-electron chi connectivity index (χ4n) is 2.66. The van der Waals surface area contributed by atoms with Crippen molar-refractivity contribution in [1.82, 2.24) is 9.55 Å². The fourth-order valence-corrected chi connectivity index (χ4v) is 2.66. The van der Waals surface area contributed by atoms with Crippen molar-refractivity contribution in [2.45, 2.75) is 38.6 Å². The van der Waals surface area contributed by atoms with Crippen LogP contribution in [0.25, 0.3) is 11.0 Å².